The van der Waals surface area contributed by atoms with Gasteiger partial charge in [0.25, 0.3) is 0 Å². The fourth-order valence-corrected chi connectivity index (χ4v) is 3.01. The molecule has 2 nitrogen and oxygen atoms in total. The first-order valence-electron chi connectivity index (χ1n) is 8.17. The predicted octanol–water partition coefficient (Wildman–Crippen LogP) is 6.63. The summed E-state index contributed by atoms with van der Waals surface area (Å²) < 4.78 is 18.9. The van der Waals surface area contributed by atoms with Crippen molar-refractivity contribution in [3.05, 3.63) is 103 Å². The van der Waals surface area contributed by atoms with E-state index in [0.29, 0.717) is 5.69 Å². The van der Waals surface area contributed by atoms with Crippen molar-refractivity contribution >= 4 is 22.5 Å². The molecule has 0 atom stereocenters. The molecule has 3 rings (SSSR count). The summed E-state index contributed by atoms with van der Waals surface area (Å²) in [5.41, 5.74) is 1.57. The Balaban J connectivity index is 1.87. The van der Waals surface area contributed by atoms with Crippen LogP contribution in [0.4, 0.5) is 10.1 Å². The zero-order valence-corrected chi connectivity index (χ0v) is 15.1. The largest absolute Gasteiger partial charge is 0.465 e. The lowest BCUT2D eigenvalue weighted by atomic mass is 10.3. The smallest absolute Gasteiger partial charge is 0.126 e. The Morgan fingerprint density at radius 2 is 1.50 bits per heavy atom. The zero-order chi connectivity index (χ0) is 18.2. The second kappa shape index (κ2) is 9.02. The van der Waals surface area contributed by atoms with E-state index < -0.39 is 0 Å². The molecule has 0 aliphatic rings. The number of hydrogen-bond acceptors (Lipinski definition) is 3. The molecular weight excluding hydrogens is 345 g/mol. The number of thioether (sulfide) groups is 1. The normalized spacial score (nSPS) is 12.1. The predicted molar refractivity (Wildman–Crippen MR) is 107 cm³/mol. The molecule has 0 spiro atoms. The second-order valence-electron chi connectivity index (χ2n) is 5.54. The van der Waals surface area contributed by atoms with Crippen molar-refractivity contribution in [2.75, 3.05) is 0 Å². The number of nitrogens with zero attached hydrogens (tertiary/aromatic N) is 1. The van der Waals surface area contributed by atoms with Crippen LogP contribution in [0.1, 0.15) is 6.92 Å². The quantitative estimate of drug-likeness (QED) is 0.220. The highest BCUT2D eigenvalue weighted by Gasteiger charge is 2.07. The van der Waals surface area contributed by atoms with Gasteiger partial charge in [0.05, 0.1) is 11.9 Å². The molecule has 0 radical (unpaired) electrons. The van der Waals surface area contributed by atoms with Gasteiger partial charge in [-0.2, -0.15) is 0 Å². The highest BCUT2D eigenvalue weighted by Crippen LogP contribution is 2.26. The Morgan fingerprint density at radius 3 is 2.15 bits per heavy atom. The van der Waals surface area contributed by atoms with Gasteiger partial charge in [0, 0.05) is 10.5 Å². The molecule has 0 aromatic heterocycles. The van der Waals surface area contributed by atoms with E-state index in [-0.39, 0.29) is 5.82 Å². The first kappa shape index (κ1) is 18.0. The lowest BCUT2D eigenvalue weighted by molar-refractivity contribution is 0.478. The topological polar surface area (TPSA) is 21.6 Å². The Kier molecular flexibility index (Phi) is 6.23. The molecular formula is C22H18FNOS. The summed E-state index contributed by atoms with van der Waals surface area (Å²) in [6, 6.07) is 25.7. The molecule has 26 heavy (non-hydrogen) atoms. The number of para-hydroxylation sites is 1. The van der Waals surface area contributed by atoms with Crippen LogP contribution in [-0.2, 0) is 0 Å². The van der Waals surface area contributed by atoms with Gasteiger partial charge in [0.15, 0.2) is 0 Å². The Bertz CT molecular complexity index is 890. The number of benzene rings is 3. The highest BCUT2D eigenvalue weighted by atomic mass is 32.2. The summed E-state index contributed by atoms with van der Waals surface area (Å²) in [6.45, 7) is 1.95. The summed E-state index contributed by atoms with van der Waals surface area (Å²) in [5.74, 6) is 0.485. The third kappa shape index (κ3) is 5.33. The van der Waals surface area contributed by atoms with Crippen LogP contribution in [0.5, 0.6) is 5.75 Å². The third-order valence-electron chi connectivity index (χ3n) is 3.47. The zero-order valence-electron chi connectivity index (χ0n) is 14.3. The van der Waals surface area contributed by atoms with Gasteiger partial charge in [0.2, 0.25) is 0 Å². The standard InChI is InChI=1S/C22H18FNOS/c1-17(16-25-20-8-4-2-5-9-20)22(26-21-10-6-3-7-11-21)24-19-14-12-18(23)13-15-19/h2-16H,1H3/b17-16+,24-22+. The van der Waals surface area contributed by atoms with Crippen LogP contribution in [0, 0.1) is 5.82 Å². The van der Waals surface area contributed by atoms with Crippen molar-refractivity contribution in [1.29, 1.82) is 0 Å². The van der Waals surface area contributed by atoms with Crippen molar-refractivity contribution in [3.63, 3.8) is 0 Å². The van der Waals surface area contributed by atoms with E-state index in [2.05, 4.69) is 4.99 Å². The van der Waals surface area contributed by atoms with E-state index in [1.54, 1.807) is 18.4 Å². The first-order chi connectivity index (χ1) is 12.7. The second-order valence-corrected chi connectivity index (χ2v) is 6.60. The molecule has 4 heteroatoms. The number of halogens is 1. The molecule has 0 amide bonds. The number of aliphatic imine (C=N–C) groups is 1. The van der Waals surface area contributed by atoms with Crippen molar-refractivity contribution < 1.29 is 9.13 Å². The first-order valence-corrected chi connectivity index (χ1v) is 8.98. The van der Waals surface area contributed by atoms with Gasteiger partial charge in [-0.25, -0.2) is 9.38 Å². The minimum atomic E-state index is -0.277. The van der Waals surface area contributed by atoms with E-state index in [1.807, 2.05) is 67.6 Å². The summed E-state index contributed by atoms with van der Waals surface area (Å²) in [4.78, 5) is 5.74. The van der Waals surface area contributed by atoms with Gasteiger partial charge in [-0.05, 0) is 55.5 Å². The molecule has 0 N–H and O–H groups in total. The maximum Gasteiger partial charge on any atom is 0.126 e. The van der Waals surface area contributed by atoms with Gasteiger partial charge in [-0.3, -0.25) is 0 Å². The SMILES string of the molecule is CC(=C\Oc1ccccc1)/C(=N\c1ccc(F)cc1)Sc1ccccc1. The van der Waals surface area contributed by atoms with Gasteiger partial charge >= 0.3 is 0 Å². The van der Waals surface area contributed by atoms with Crippen LogP contribution in [0.25, 0.3) is 0 Å². The minimum absolute atomic E-state index is 0.277. The lowest BCUT2D eigenvalue weighted by Gasteiger charge is -2.08. The van der Waals surface area contributed by atoms with Gasteiger partial charge in [-0.1, -0.05) is 48.2 Å². The number of hydrogen-bond donors (Lipinski definition) is 0. The Labute approximate surface area is 157 Å². The molecule has 0 aliphatic heterocycles. The fraction of sp³-hybridized carbons (Fsp3) is 0.0455. The van der Waals surface area contributed by atoms with Crippen molar-refractivity contribution in [2.45, 2.75) is 11.8 Å². The fourth-order valence-electron chi connectivity index (χ4n) is 2.13. The molecule has 3 aromatic carbocycles. The molecule has 0 bridgehead atoms. The van der Waals surface area contributed by atoms with Gasteiger partial charge in [-0.15, -0.1) is 0 Å². The summed E-state index contributed by atoms with van der Waals surface area (Å²) in [7, 11) is 0. The highest BCUT2D eigenvalue weighted by molar-refractivity contribution is 8.14. The molecule has 0 saturated carbocycles. The van der Waals surface area contributed by atoms with Crippen LogP contribution in [0.3, 0.4) is 0 Å². The Morgan fingerprint density at radius 1 is 0.885 bits per heavy atom. The average Bonchev–Trinajstić information content (AvgIpc) is 2.69. The maximum absolute atomic E-state index is 13.2. The molecule has 0 aliphatic carbocycles. The lowest BCUT2D eigenvalue weighted by Crippen LogP contribution is -1.97. The summed E-state index contributed by atoms with van der Waals surface area (Å²) in [6.07, 6.45) is 1.69. The van der Waals surface area contributed by atoms with Gasteiger partial charge in [0.1, 0.15) is 16.6 Å². The molecule has 3 aromatic rings. The minimum Gasteiger partial charge on any atom is -0.465 e. The van der Waals surface area contributed by atoms with E-state index in [9.17, 15) is 4.39 Å². The van der Waals surface area contributed by atoms with Crippen LogP contribution in [0.15, 0.2) is 107 Å². The average molecular weight is 363 g/mol. The summed E-state index contributed by atoms with van der Waals surface area (Å²) in [5, 5.41) is 0.790. The van der Waals surface area contributed by atoms with E-state index >= 15 is 0 Å². The van der Waals surface area contributed by atoms with E-state index in [4.69, 9.17) is 4.74 Å². The molecule has 130 valence electrons. The molecule has 0 saturated heterocycles. The molecule has 0 unspecified atom stereocenters. The third-order valence-corrected chi connectivity index (χ3v) is 4.58. The van der Waals surface area contributed by atoms with Crippen molar-refractivity contribution in [2.24, 2.45) is 4.99 Å². The van der Waals surface area contributed by atoms with Crippen LogP contribution in [0.2, 0.25) is 0 Å². The molecule has 0 fully saturated rings. The van der Waals surface area contributed by atoms with Crippen LogP contribution < -0.4 is 4.74 Å². The van der Waals surface area contributed by atoms with E-state index in [1.165, 1.54) is 23.9 Å². The van der Waals surface area contributed by atoms with Crippen molar-refractivity contribution in [1.82, 2.24) is 0 Å². The van der Waals surface area contributed by atoms with Crippen molar-refractivity contribution in [3.8, 4) is 5.75 Å². The van der Waals surface area contributed by atoms with Gasteiger partial charge < -0.3 is 4.74 Å². The summed E-state index contributed by atoms with van der Waals surface area (Å²) >= 11 is 1.54. The Hall–Kier alpha value is -2.85. The maximum atomic E-state index is 13.2. The number of rotatable bonds is 5. The molecule has 0 heterocycles. The monoisotopic (exact) mass is 363 g/mol. The van der Waals surface area contributed by atoms with Crippen LogP contribution >= 0.6 is 11.8 Å². The van der Waals surface area contributed by atoms with E-state index in [0.717, 1.165) is 21.3 Å². The number of ether oxygens (including phenoxy) is 1. The van der Waals surface area contributed by atoms with Crippen LogP contribution in [-0.4, -0.2) is 5.04 Å².